The maximum atomic E-state index is 12.4. The molecule has 0 saturated heterocycles. The van der Waals surface area contributed by atoms with E-state index in [2.05, 4.69) is 10.6 Å². The van der Waals surface area contributed by atoms with Crippen molar-refractivity contribution in [3.63, 3.8) is 0 Å². The normalized spacial score (nSPS) is 13.9. The summed E-state index contributed by atoms with van der Waals surface area (Å²) in [5.41, 5.74) is 3.45. The molecule has 0 fully saturated rings. The molecule has 6 heteroatoms. The van der Waals surface area contributed by atoms with Crippen LogP contribution in [0, 0.1) is 0 Å². The molecule has 1 unspecified atom stereocenters. The van der Waals surface area contributed by atoms with Crippen LogP contribution in [0.1, 0.15) is 28.4 Å². The van der Waals surface area contributed by atoms with Crippen LogP contribution in [0.3, 0.4) is 0 Å². The predicted molar refractivity (Wildman–Crippen MR) is 95.2 cm³/mol. The molecule has 3 rings (SSSR count). The number of carbonyl (C=O) groups excluding carboxylic acids is 2. The standard InChI is InChI=1S/C19H21N3O3/c1-13(23)10-20-18(24)14-6-8-17(9-7-14)21-19(25)22-11-15-4-2-3-5-16(15)12-22/h2-9,13,23H,10-12H2,1H3,(H,20,24)(H,21,25). The minimum Gasteiger partial charge on any atom is -0.392 e. The molecule has 3 N–H and O–H groups in total. The summed E-state index contributed by atoms with van der Waals surface area (Å²) < 4.78 is 0. The number of fused-ring (bicyclic) bond motifs is 1. The number of hydrogen-bond donors (Lipinski definition) is 3. The molecule has 1 heterocycles. The second-order valence-electron chi connectivity index (χ2n) is 6.19. The van der Waals surface area contributed by atoms with Gasteiger partial charge in [-0.15, -0.1) is 0 Å². The first-order chi connectivity index (χ1) is 12.0. The Labute approximate surface area is 146 Å². The molecular formula is C19H21N3O3. The number of aliphatic hydroxyl groups excluding tert-OH is 1. The highest BCUT2D eigenvalue weighted by molar-refractivity contribution is 5.95. The molecular weight excluding hydrogens is 318 g/mol. The Balaban J connectivity index is 1.57. The van der Waals surface area contributed by atoms with Crippen LogP contribution in [0.4, 0.5) is 10.5 Å². The summed E-state index contributed by atoms with van der Waals surface area (Å²) in [6, 6.07) is 14.5. The van der Waals surface area contributed by atoms with E-state index >= 15 is 0 Å². The molecule has 0 saturated carbocycles. The first-order valence-electron chi connectivity index (χ1n) is 8.22. The molecule has 2 aromatic carbocycles. The number of anilines is 1. The Hall–Kier alpha value is -2.86. The molecule has 1 aliphatic heterocycles. The van der Waals surface area contributed by atoms with Crippen LogP contribution >= 0.6 is 0 Å². The molecule has 25 heavy (non-hydrogen) atoms. The topological polar surface area (TPSA) is 81.7 Å². The van der Waals surface area contributed by atoms with Crippen molar-refractivity contribution in [3.05, 3.63) is 65.2 Å². The van der Waals surface area contributed by atoms with Crippen molar-refractivity contribution in [2.24, 2.45) is 0 Å². The lowest BCUT2D eigenvalue weighted by Crippen LogP contribution is -2.31. The number of aliphatic hydroxyl groups is 1. The van der Waals surface area contributed by atoms with Crippen LogP contribution in [0.5, 0.6) is 0 Å². The molecule has 0 aliphatic carbocycles. The van der Waals surface area contributed by atoms with Crippen molar-refractivity contribution in [3.8, 4) is 0 Å². The third kappa shape index (κ3) is 4.16. The molecule has 1 aliphatic rings. The van der Waals surface area contributed by atoms with Gasteiger partial charge >= 0.3 is 6.03 Å². The lowest BCUT2D eigenvalue weighted by atomic mass is 10.1. The first kappa shape index (κ1) is 17.0. The largest absolute Gasteiger partial charge is 0.392 e. The van der Waals surface area contributed by atoms with Crippen molar-refractivity contribution in [1.29, 1.82) is 0 Å². The monoisotopic (exact) mass is 339 g/mol. The van der Waals surface area contributed by atoms with Gasteiger partial charge in [0, 0.05) is 30.9 Å². The van der Waals surface area contributed by atoms with Gasteiger partial charge in [0.15, 0.2) is 0 Å². The first-order valence-corrected chi connectivity index (χ1v) is 8.22. The van der Waals surface area contributed by atoms with Crippen LogP contribution in [0.2, 0.25) is 0 Å². The summed E-state index contributed by atoms with van der Waals surface area (Å²) in [6.45, 7) is 3.01. The van der Waals surface area contributed by atoms with Gasteiger partial charge < -0.3 is 20.6 Å². The van der Waals surface area contributed by atoms with Crippen molar-refractivity contribution in [2.45, 2.75) is 26.1 Å². The summed E-state index contributed by atoms with van der Waals surface area (Å²) in [6.07, 6.45) is -0.591. The van der Waals surface area contributed by atoms with Crippen molar-refractivity contribution >= 4 is 17.6 Å². The molecule has 0 aromatic heterocycles. The summed E-state index contributed by atoms with van der Waals surface area (Å²) in [7, 11) is 0. The van der Waals surface area contributed by atoms with E-state index in [9.17, 15) is 14.7 Å². The number of benzene rings is 2. The lowest BCUT2D eigenvalue weighted by Gasteiger charge is -2.16. The molecule has 1 atom stereocenters. The van der Waals surface area contributed by atoms with E-state index < -0.39 is 6.10 Å². The van der Waals surface area contributed by atoms with E-state index in [0.717, 1.165) is 0 Å². The zero-order valence-electron chi connectivity index (χ0n) is 14.0. The Morgan fingerprint density at radius 1 is 1.08 bits per heavy atom. The van der Waals surface area contributed by atoms with Crippen LogP contribution in [-0.4, -0.2) is 34.6 Å². The number of carbonyl (C=O) groups is 2. The Bertz CT molecular complexity index is 747. The van der Waals surface area contributed by atoms with Gasteiger partial charge in [-0.25, -0.2) is 4.79 Å². The maximum Gasteiger partial charge on any atom is 0.322 e. The Kier molecular flexibility index (Phi) is 5.00. The van der Waals surface area contributed by atoms with Crippen molar-refractivity contribution in [2.75, 3.05) is 11.9 Å². The zero-order valence-corrected chi connectivity index (χ0v) is 14.0. The van der Waals surface area contributed by atoms with Gasteiger partial charge in [-0.1, -0.05) is 24.3 Å². The Morgan fingerprint density at radius 2 is 1.68 bits per heavy atom. The fraction of sp³-hybridized carbons (Fsp3) is 0.263. The van der Waals surface area contributed by atoms with E-state index in [4.69, 9.17) is 0 Å². The average Bonchev–Trinajstić information content (AvgIpc) is 3.04. The second kappa shape index (κ2) is 7.36. The number of rotatable bonds is 4. The highest BCUT2D eigenvalue weighted by Gasteiger charge is 2.22. The summed E-state index contributed by atoms with van der Waals surface area (Å²) in [4.78, 5) is 26.0. The molecule has 2 aromatic rings. The van der Waals surface area contributed by atoms with Crippen LogP contribution in [0.15, 0.2) is 48.5 Å². The van der Waals surface area contributed by atoms with E-state index in [1.54, 1.807) is 36.1 Å². The quantitative estimate of drug-likeness (QED) is 0.800. The lowest BCUT2D eigenvalue weighted by molar-refractivity contribution is 0.0924. The predicted octanol–water partition coefficient (Wildman–Crippen LogP) is 2.34. The van der Waals surface area contributed by atoms with Gasteiger partial charge in [0.25, 0.3) is 5.91 Å². The highest BCUT2D eigenvalue weighted by Crippen LogP contribution is 2.23. The molecule has 0 spiro atoms. The molecule has 6 nitrogen and oxygen atoms in total. The van der Waals surface area contributed by atoms with E-state index in [1.807, 2.05) is 24.3 Å². The number of urea groups is 1. The third-order valence-electron chi connectivity index (χ3n) is 4.08. The summed E-state index contributed by atoms with van der Waals surface area (Å²) >= 11 is 0. The van der Waals surface area contributed by atoms with Crippen molar-refractivity contribution < 1.29 is 14.7 Å². The number of nitrogens with one attached hydrogen (secondary N) is 2. The van der Waals surface area contributed by atoms with Gasteiger partial charge in [-0.05, 0) is 42.3 Å². The minimum atomic E-state index is -0.591. The molecule has 3 amide bonds. The van der Waals surface area contributed by atoms with Crippen molar-refractivity contribution in [1.82, 2.24) is 10.2 Å². The summed E-state index contributed by atoms with van der Waals surface area (Å²) in [5, 5.41) is 14.7. The van der Waals surface area contributed by atoms with Gasteiger partial charge in [0.05, 0.1) is 6.10 Å². The number of amides is 3. The van der Waals surface area contributed by atoms with Crippen LogP contribution in [-0.2, 0) is 13.1 Å². The second-order valence-corrected chi connectivity index (χ2v) is 6.19. The molecule has 0 radical (unpaired) electrons. The van der Waals surface area contributed by atoms with E-state index in [-0.39, 0.29) is 18.5 Å². The number of hydrogen-bond acceptors (Lipinski definition) is 3. The van der Waals surface area contributed by atoms with Gasteiger partial charge in [0.1, 0.15) is 0 Å². The maximum absolute atomic E-state index is 12.4. The van der Waals surface area contributed by atoms with Gasteiger partial charge in [-0.3, -0.25) is 4.79 Å². The molecule has 130 valence electrons. The average molecular weight is 339 g/mol. The fourth-order valence-corrected chi connectivity index (χ4v) is 2.73. The fourth-order valence-electron chi connectivity index (χ4n) is 2.73. The third-order valence-corrected chi connectivity index (χ3v) is 4.08. The Morgan fingerprint density at radius 3 is 2.24 bits per heavy atom. The van der Waals surface area contributed by atoms with E-state index in [0.29, 0.717) is 24.3 Å². The van der Waals surface area contributed by atoms with Gasteiger partial charge in [-0.2, -0.15) is 0 Å². The minimum absolute atomic E-state index is 0.164. The SMILES string of the molecule is CC(O)CNC(=O)c1ccc(NC(=O)N2Cc3ccccc3C2)cc1. The molecule has 0 bridgehead atoms. The zero-order chi connectivity index (χ0) is 17.8. The van der Waals surface area contributed by atoms with Crippen LogP contribution in [0.25, 0.3) is 0 Å². The van der Waals surface area contributed by atoms with E-state index in [1.165, 1.54) is 11.1 Å². The number of nitrogens with zero attached hydrogens (tertiary/aromatic N) is 1. The van der Waals surface area contributed by atoms with Gasteiger partial charge in [0.2, 0.25) is 0 Å². The van der Waals surface area contributed by atoms with Crippen LogP contribution < -0.4 is 10.6 Å². The summed E-state index contributed by atoms with van der Waals surface area (Å²) in [5.74, 6) is -0.256. The highest BCUT2D eigenvalue weighted by atomic mass is 16.3. The smallest absolute Gasteiger partial charge is 0.322 e.